The van der Waals surface area contributed by atoms with E-state index in [2.05, 4.69) is 0 Å². The average molecular weight is 369 g/mol. The molecule has 0 aliphatic carbocycles. The molecule has 138 valence electrons. The van der Waals surface area contributed by atoms with E-state index in [0.29, 0.717) is 44.0 Å². The van der Waals surface area contributed by atoms with Crippen LogP contribution in [-0.2, 0) is 14.8 Å². The third kappa shape index (κ3) is 4.62. The Morgan fingerprint density at radius 3 is 2.32 bits per heavy atom. The first-order chi connectivity index (χ1) is 11.7. The number of carbonyl (C=O) groups excluding carboxylic acids is 2. The molecule has 0 atom stereocenters. The molecule has 8 nitrogen and oxygen atoms in total. The number of nitrogens with zero attached hydrogens (tertiary/aromatic N) is 3. The first kappa shape index (κ1) is 19.0. The Hall–Kier alpha value is -2.29. The van der Waals surface area contributed by atoms with Crippen LogP contribution in [0.4, 0.5) is 10.5 Å². The molecule has 0 spiro atoms. The predicted molar refractivity (Wildman–Crippen MR) is 94.2 cm³/mol. The lowest BCUT2D eigenvalue weighted by Crippen LogP contribution is -2.50. The van der Waals surface area contributed by atoms with E-state index in [1.807, 2.05) is 0 Å². The van der Waals surface area contributed by atoms with E-state index in [4.69, 9.17) is 4.74 Å². The summed E-state index contributed by atoms with van der Waals surface area (Å²) >= 11 is 0. The van der Waals surface area contributed by atoms with E-state index in [9.17, 15) is 18.0 Å². The SMILES string of the molecule is CCOC(=O)N1CCN(C(=O)c2cccc(N(C)S(C)(=O)=O)c2)CC1. The number of ether oxygens (including phenoxy) is 1. The van der Waals surface area contributed by atoms with Crippen molar-refractivity contribution in [2.45, 2.75) is 6.92 Å². The maximum absolute atomic E-state index is 12.6. The number of anilines is 1. The van der Waals surface area contributed by atoms with Crippen molar-refractivity contribution in [2.24, 2.45) is 0 Å². The van der Waals surface area contributed by atoms with Gasteiger partial charge in [0.2, 0.25) is 10.0 Å². The van der Waals surface area contributed by atoms with Crippen molar-refractivity contribution in [2.75, 3.05) is 50.4 Å². The van der Waals surface area contributed by atoms with Crippen LogP contribution in [0.5, 0.6) is 0 Å². The van der Waals surface area contributed by atoms with Gasteiger partial charge in [-0.3, -0.25) is 9.10 Å². The summed E-state index contributed by atoms with van der Waals surface area (Å²) in [7, 11) is -1.95. The number of amides is 2. The molecule has 1 aromatic carbocycles. The van der Waals surface area contributed by atoms with Crippen LogP contribution in [0.15, 0.2) is 24.3 Å². The van der Waals surface area contributed by atoms with Gasteiger partial charge in [-0.1, -0.05) is 6.07 Å². The molecule has 2 rings (SSSR count). The average Bonchev–Trinajstić information content (AvgIpc) is 2.60. The number of hydrogen-bond donors (Lipinski definition) is 0. The molecular weight excluding hydrogens is 346 g/mol. The molecule has 0 unspecified atom stereocenters. The molecule has 2 amide bonds. The standard InChI is InChI=1S/C16H23N3O5S/c1-4-24-16(21)19-10-8-18(9-11-19)15(20)13-6-5-7-14(12-13)17(2)25(3,22)23/h5-7,12H,4,8-11H2,1-3H3. The summed E-state index contributed by atoms with van der Waals surface area (Å²) in [5.41, 5.74) is 0.844. The first-order valence-corrected chi connectivity index (χ1v) is 9.83. The van der Waals surface area contributed by atoms with E-state index in [0.717, 1.165) is 10.6 Å². The molecule has 1 aliphatic rings. The highest BCUT2D eigenvalue weighted by molar-refractivity contribution is 7.92. The van der Waals surface area contributed by atoms with Crippen molar-refractivity contribution >= 4 is 27.7 Å². The molecule has 0 bridgehead atoms. The van der Waals surface area contributed by atoms with Crippen LogP contribution in [0.1, 0.15) is 17.3 Å². The summed E-state index contributed by atoms with van der Waals surface area (Å²) in [6, 6.07) is 6.50. The van der Waals surface area contributed by atoms with Crippen molar-refractivity contribution < 1.29 is 22.7 Å². The van der Waals surface area contributed by atoms with Crippen LogP contribution in [0.2, 0.25) is 0 Å². The van der Waals surface area contributed by atoms with E-state index in [-0.39, 0.29) is 12.0 Å². The second kappa shape index (κ2) is 7.73. The zero-order valence-electron chi connectivity index (χ0n) is 14.6. The molecule has 0 N–H and O–H groups in total. The van der Waals surface area contributed by atoms with Crippen molar-refractivity contribution in [1.82, 2.24) is 9.80 Å². The Labute approximate surface area is 148 Å². The number of benzene rings is 1. The van der Waals surface area contributed by atoms with Gasteiger partial charge in [-0.25, -0.2) is 13.2 Å². The second-order valence-electron chi connectivity index (χ2n) is 5.76. The van der Waals surface area contributed by atoms with Gasteiger partial charge in [0, 0.05) is 38.8 Å². The second-order valence-corrected chi connectivity index (χ2v) is 7.77. The van der Waals surface area contributed by atoms with Crippen LogP contribution >= 0.6 is 0 Å². The van der Waals surface area contributed by atoms with Crippen LogP contribution in [0.3, 0.4) is 0 Å². The maximum atomic E-state index is 12.6. The van der Waals surface area contributed by atoms with Crippen molar-refractivity contribution in [3.8, 4) is 0 Å². The summed E-state index contributed by atoms with van der Waals surface area (Å²) in [5, 5.41) is 0. The Balaban J connectivity index is 2.06. The number of hydrogen-bond acceptors (Lipinski definition) is 5. The molecule has 1 heterocycles. The van der Waals surface area contributed by atoms with Gasteiger partial charge in [-0.05, 0) is 25.1 Å². The monoisotopic (exact) mass is 369 g/mol. The number of carbonyl (C=O) groups is 2. The van der Waals surface area contributed by atoms with E-state index in [1.165, 1.54) is 7.05 Å². The fraction of sp³-hybridized carbons (Fsp3) is 0.500. The fourth-order valence-electron chi connectivity index (χ4n) is 2.52. The van der Waals surface area contributed by atoms with Gasteiger partial charge in [0.1, 0.15) is 0 Å². The highest BCUT2D eigenvalue weighted by Crippen LogP contribution is 2.19. The van der Waals surface area contributed by atoms with Crippen molar-refractivity contribution in [3.05, 3.63) is 29.8 Å². The van der Waals surface area contributed by atoms with E-state index in [1.54, 1.807) is 41.0 Å². The fourth-order valence-corrected chi connectivity index (χ4v) is 3.01. The summed E-state index contributed by atoms with van der Waals surface area (Å²) in [6.07, 6.45) is 0.738. The van der Waals surface area contributed by atoms with Gasteiger partial charge in [0.15, 0.2) is 0 Å². The summed E-state index contributed by atoms with van der Waals surface area (Å²) in [6.45, 7) is 3.70. The van der Waals surface area contributed by atoms with Gasteiger partial charge >= 0.3 is 6.09 Å². The lowest BCUT2D eigenvalue weighted by Gasteiger charge is -2.34. The van der Waals surface area contributed by atoms with Crippen LogP contribution in [0.25, 0.3) is 0 Å². The van der Waals surface area contributed by atoms with Crippen LogP contribution < -0.4 is 4.31 Å². The quantitative estimate of drug-likeness (QED) is 0.790. The Morgan fingerprint density at radius 1 is 1.16 bits per heavy atom. The van der Waals surface area contributed by atoms with Crippen molar-refractivity contribution in [1.29, 1.82) is 0 Å². The number of piperazine rings is 1. The lowest BCUT2D eigenvalue weighted by molar-refractivity contribution is 0.0570. The minimum atomic E-state index is -3.40. The molecule has 1 aromatic rings. The van der Waals surface area contributed by atoms with Gasteiger partial charge in [0.05, 0.1) is 18.6 Å². The first-order valence-electron chi connectivity index (χ1n) is 7.99. The highest BCUT2D eigenvalue weighted by atomic mass is 32.2. The van der Waals surface area contributed by atoms with Gasteiger partial charge < -0.3 is 14.5 Å². The van der Waals surface area contributed by atoms with Crippen LogP contribution in [0, 0.1) is 0 Å². The number of sulfonamides is 1. The molecule has 9 heteroatoms. The summed E-state index contributed by atoms with van der Waals surface area (Å²) < 4.78 is 29.4. The highest BCUT2D eigenvalue weighted by Gasteiger charge is 2.26. The predicted octanol–water partition coefficient (Wildman–Crippen LogP) is 0.997. The minimum Gasteiger partial charge on any atom is -0.450 e. The molecule has 0 saturated carbocycles. The molecule has 1 aliphatic heterocycles. The maximum Gasteiger partial charge on any atom is 0.409 e. The molecule has 0 aromatic heterocycles. The van der Waals surface area contributed by atoms with Crippen LogP contribution in [-0.4, -0.2) is 76.3 Å². The smallest absolute Gasteiger partial charge is 0.409 e. The minimum absolute atomic E-state index is 0.188. The van der Waals surface area contributed by atoms with Gasteiger partial charge in [0.25, 0.3) is 5.91 Å². The third-order valence-corrected chi connectivity index (χ3v) is 5.25. The zero-order chi connectivity index (χ0) is 18.6. The molecule has 1 fully saturated rings. The third-order valence-electron chi connectivity index (χ3n) is 4.05. The molecular formula is C16H23N3O5S. The summed E-state index contributed by atoms with van der Waals surface area (Å²) in [4.78, 5) is 27.6. The zero-order valence-corrected chi connectivity index (χ0v) is 15.5. The number of rotatable bonds is 4. The topological polar surface area (TPSA) is 87.2 Å². The van der Waals surface area contributed by atoms with E-state index < -0.39 is 10.0 Å². The van der Waals surface area contributed by atoms with Crippen molar-refractivity contribution in [3.63, 3.8) is 0 Å². The largest absolute Gasteiger partial charge is 0.450 e. The molecule has 25 heavy (non-hydrogen) atoms. The Kier molecular flexibility index (Phi) is 5.89. The Bertz CT molecular complexity index is 742. The normalized spacial score (nSPS) is 15.0. The summed E-state index contributed by atoms with van der Waals surface area (Å²) in [5.74, 6) is -0.188. The Morgan fingerprint density at radius 2 is 1.76 bits per heavy atom. The molecule has 1 saturated heterocycles. The van der Waals surface area contributed by atoms with E-state index >= 15 is 0 Å². The lowest BCUT2D eigenvalue weighted by atomic mass is 10.1. The molecule has 0 radical (unpaired) electrons. The van der Waals surface area contributed by atoms with Gasteiger partial charge in [-0.15, -0.1) is 0 Å². The van der Waals surface area contributed by atoms with Gasteiger partial charge in [-0.2, -0.15) is 0 Å².